The molecule has 1 aliphatic rings. The molecule has 0 fully saturated rings. The Morgan fingerprint density at radius 1 is 1.10 bits per heavy atom. The van der Waals surface area contributed by atoms with Gasteiger partial charge in [-0.3, -0.25) is 0 Å². The van der Waals surface area contributed by atoms with Crippen LogP contribution in [0.2, 0.25) is 0 Å². The second-order valence-corrected chi connectivity index (χ2v) is 6.77. The van der Waals surface area contributed by atoms with Gasteiger partial charge in [-0.05, 0) is 35.9 Å². The van der Waals surface area contributed by atoms with E-state index in [0.29, 0.717) is 17.1 Å². The van der Waals surface area contributed by atoms with Crippen LogP contribution >= 0.6 is 0 Å². The van der Waals surface area contributed by atoms with Crippen molar-refractivity contribution in [3.63, 3.8) is 0 Å². The molecule has 31 heavy (non-hydrogen) atoms. The molecule has 1 unspecified atom stereocenters. The third-order valence-corrected chi connectivity index (χ3v) is 4.92. The minimum Gasteiger partial charge on any atom is -0.497 e. The van der Waals surface area contributed by atoms with Gasteiger partial charge < -0.3 is 19.9 Å². The van der Waals surface area contributed by atoms with Crippen LogP contribution in [0.1, 0.15) is 27.4 Å². The largest absolute Gasteiger partial charge is 0.497 e. The van der Waals surface area contributed by atoms with Crippen LogP contribution in [0, 0.1) is 17.1 Å². The zero-order valence-electron chi connectivity index (χ0n) is 16.5. The molecule has 0 amide bonds. The second kappa shape index (κ2) is 8.20. The van der Waals surface area contributed by atoms with Crippen molar-refractivity contribution in [3.8, 4) is 23.3 Å². The number of rotatable bonds is 4. The highest BCUT2D eigenvalue weighted by Crippen LogP contribution is 2.44. The standard InChI is InChI=1S/C24H17FN2O4/c1-29-15-6-4-5-14(11-15)22-18-10-9-16(12-21(18)31-23(27)19(22)13-26)30-24(28)17-7-2-3-8-20(17)25/h2-12,22H,27H2,1H3. The van der Waals surface area contributed by atoms with E-state index in [1.165, 1.54) is 24.3 Å². The predicted octanol–water partition coefficient (Wildman–Crippen LogP) is 4.27. The van der Waals surface area contributed by atoms with Crippen molar-refractivity contribution < 1.29 is 23.4 Å². The lowest BCUT2D eigenvalue weighted by Crippen LogP contribution is -2.21. The molecule has 0 radical (unpaired) electrons. The van der Waals surface area contributed by atoms with Crippen molar-refractivity contribution in [2.45, 2.75) is 5.92 Å². The van der Waals surface area contributed by atoms with Gasteiger partial charge in [0.05, 0.1) is 18.6 Å². The predicted molar refractivity (Wildman–Crippen MR) is 110 cm³/mol. The number of carbonyl (C=O) groups excluding carboxylic acids is 1. The first-order valence-electron chi connectivity index (χ1n) is 9.34. The SMILES string of the molecule is COc1cccc(C2C(C#N)=C(N)Oc3cc(OC(=O)c4ccccc4F)ccc32)c1. The van der Waals surface area contributed by atoms with Gasteiger partial charge in [0.25, 0.3) is 0 Å². The molecule has 0 saturated carbocycles. The van der Waals surface area contributed by atoms with Gasteiger partial charge in [0.1, 0.15) is 34.7 Å². The minimum absolute atomic E-state index is 0.0413. The van der Waals surface area contributed by atoms with Crippen LogP contribution in [0.15, 0.2) is 78.2 Å². The molecule has 0 aromatic heterocycles. The van der Waals surface area contributed by atoms with E-state index in [4.69, 9.17) is 19.9 Å². The summed E-state index contributed by atoms with van der Waals surface area (Å²) in [6, 6.07) is 19.7. The van der Waals surface area contributed by atoms with Crippen LogP contribution in [0.25, 0.3) is 0 Å². The highest BCUT2D eigenvalue weighted by Gasteiger charge is 2.31. The Labute approximate surface area is 177 Å². The number of methoxy groups -OCH3 is 1. The number of carbonyl (C=O) groups is 1. The molecule has 0 aliphatic carbocycles. The van der Waals surface area contributed by atoms with E-state index >= 15 is 0 Å². The molecule has 1 heterocycles. The number of nitrogens with two attached hydrogens (primary N) is 1. The Morgan fingerprint density at radius 2 is 1.90 bits per heavy atom. The number of nitriles is 1. The maximum Gasteiger partial charge on any atom is 0.346 e. The normalized spacial score (nSPS) is 14.8. The lowest BCUT2D eigenvalue weighted by molar-refractivity contribution is 0.0729. The number of hydrogen-bond donors (Lipinski definition) is 1. The number of nitrogens with zero attached hydrogens (tertiary/aromatic N) is 1. The Kier molecular flexibility index (Phi) is 5.29. The van der Waals surface area contributed by atoms with Crippen molar-refractivity contribution in [2.75, 3.05) is 7.11 Å². The molecule has 1 atom stereocenters. The molecule has 2 N–H and O–H groups in total. The van der Waals surface area contributed by atoms with E-state index in [9.17, 15) is 14.4 Å². The van der Waals surface area contributed by atoms with Crippen LogP contribution in [-0.4, -0.2) is 13.1 Å². The summed E-state index contributed by atoms with van der Waals surface area (Å²) in [6.45, 7) is 0. The molecule has 154 valence electrons. The van der Waals surface area contributed by atoms with E-state index < -0.39 is 17.7 Å². The average molecular weight is 416 g/mol. The third kappa shape index (κ3) is 3.79. The van der Waals surface area contributed by atoms with Crippen LogP contribution in [0.3, 0.4) is 0 Å². The van der Waals surface area contributed by atoms with Crippen molar-refractivity contribution >= 4 is 5.97 Å². The van der Waals surface area contributed by atoms with Crippen LogP contribution in [-0.2, 0) is 0 Å². The first kappa shape index (κ1) is 20.0. The third-order valence-electron chi connectivity index (χ3n) is 4.92. The van der Waals surface area contributed by atoms with E-state index in [0.717, 1.165) is 5.56 Å². The molecular weight excluding hydrogens is 399 g/mol. The zero-order valence-corrected chi connectivity index (χ0v) is 16.5. The molecule has 1 aliphatic heterocycles. The van der Waals surface area contributed by atoms with Gasteiger partial charge >= 0.3 is 5.97 Å². The van der Waals surface area contributed by atoms with Gasteiger partial charge in [-0.2, -0.15) is 5.26 Å². The van der Waals surface area contributed by atoms with Crippen molar-refractivity contribution in [2.24, 2.45) is 5.73 Å². The molecule has 4 rings (SSSR count). The van der Waals surface area contributed by atoms with Gasteiger partial charge in [0.15, 0.2) is 0 Å². The summed E-state index contributed by atoms with van der Waals surface area (Å²) in [4.78, 5) is 12.3. The quantitative estimate of drug-likeness (QED) is 0.504. The molecule has 7 heteroatoms. The van der Waals surface area contributed by atoms with Crippen LogP contribution in [0.5, 0.6) is 17.2 Å². The van der Waals surface area contributed by atoms with E-state index in [-0.39, 0.29) is 22.8 Å². The lowest BCUT2D eigenvalue weighted by Gasteiger charge is -2.27. The van der Waals surface area contributed by atoms with Gasteiger partial charge in [-0.1, -0.05) is 30.3 Å². The van der Waals surface area contributed by atoms with Crippen LogP contribution < -0.4 is 19.9 Å². The first-order valence-corrected chi connectivity index (χ1v) is 9.34. The maximum absolute atomic E-state index is 13.9. The highest BCUT2D eigenvalue weighted by molar-refractivity contribution is 5.91. The first-order chi connectivity index (χ1) is 15.0. The number of halogens is 1. The maximum atomic E-state index is 13.9. The highest BCUT2D eigenvalue weighted by atomic mass is 19.1. The van der Waals surface area contributed by atoms with E-state index in [1.807, 2.05) is 18.2 Å². The smallest absolute Gasteiger partial charge is 0.346 e. The summed E-state index contributed by atoms with van der Waals surface area (Å²) in [6.07, 6.45) is 0. The van der Waals surface area contributed by atoms with Gasteiger partial charge in [0.2, 0.25) is 5.88 Å². The minimum atomic E-state index is -0.834. The Balaban J connectivity index is 1.71. The van der Waals surface area contributed by atoms with Crippen molar-refractivity contribution in [3.05, 3.63) is 101 Å². The molecule has 6 nitrogen and oxygen atoms in total. The fourth-order valence-electron chi connectivity index (χ4n) is 3.45. The number of ether oxygens (including phenoxy) is 3. The van der Waals surface area contributed by atoms with Gasteiger partial charge in [-0.15, -0.1) is 0 Å². The van der Waals surface area contributed by atoms with Gasteiger partial charge in [0, 0.05) is 11.6 Å². The molecule has 0 bridgehead atoms. The summed E-state index contributed by atoms with van der Waals surface area (Å²) in [5.74, 6) is -0.907. The van der Waals surface area contributed by atoms with Gasteiger partial charge in [-0.25, -0.2) is 9.18 Å². The second-order valence-electron chi connectivity index (χ2n) is 6.77. The lowest BCUT2D eigenvalue weighted by atomic mass is 9.83. The van der Waals surface area contributed by atoms with E-state index in [2.05, 4.69) is 6.07 Å². The monoisotopic (exact) mass is 416 g/mol. The topological polar surface area (TPSA) is 94.6 Å². The number of benzene rings is 3. The van der Waals surface area contributed by atoms with Crippen molar-refractivity contribution in [1.82, 2.24) is 0 Å². The summed E-state index contributed by atoms with van der Waals surface area (Å²) in [5, 5.41) is 9.67. The molecule has 3 aromatic carbocycles. The molecular formula is C24H17FN2O4. The molecule has 0 saturated heterocycles. The van der Waals surface area contributed by atoms with Crippen molar-refractivity contribution in [1.29, 1.82) is 5.26 Å². The zero-order chi connectivity index (χ0) is 22.0. The number of hydrogen-bond acceptors (Lipinski definition) is 6. The number of fused-ring (bicyclic) bond motifs is 1. The fourth-order valence-corrected chi connectivity index (χ4v) is 3.45. The Morgan fingerprint density at radius 3 is 2.65 bits per heavy atom. The number of allylic oxidation sites excluding steroid dienone is 1. The Hall–Kier alpha value is -4.31. The molecule has 0 spiro atoms. The summed E-state index contributed by atoms with van der Waals surface area (Å²) in [7, 11) is 1.56. The molecule has 3 aromatic rings. The number of esters is 1. The van der Waals surface area contributed by atoms with E-state index in [1.54, 1.807) is 31.4 Å². The average Bonchev–Trinajstić information content (AvgIpc) is 2.78. The summed E-state index contributed by atoms with van der Waals surface area (Å²) < 4.78 is 30.1. The van der Waals surface area contributed by atoms with Crippen LogP contribution in [0.4, 0.5) is 4.39 Å². The summed E-state index contributed by atoms with van der Waals surface area (Å²) in [5.41, 5.74) is 7.56. The fraction of sp³-hybridized carbons (Fsp3) is 0.0833. The summed E-state index contributed by atoms with van der Waals surface area (Å²) >= 11 is 0. The Bertz CT molecular complexity index is 1250.